The number of hydrogen-bond donors (Lipinski definition) is 1. The highest BCUT2D eigenvalue weighted by molar-refractivity contribution is 5.60. The lowest BCUT2D eigenvalue weighted by atomic mass is 10.1. The molecule has 0 aliphatic heterocycles. The van der Waals surface area contributed by atoms with Crippen molar-refractivity contribution in [2.75, 3.05) is 5.73 Å². The molecule has 2 N–H and O–H groups in total. The van der Waals surface area contributed by atoms with E-state index in [1.54, 1.807) is 36.5 Å². The van der Waals surface area contributed by atoms with E-state index in [0.29, 0.717) is 29.2 Å². The summed E-state index contributed by atoms with van der Waals surface area (Å²) in [6.45, 7) is 2.18. The van der Waals surface area contributed by atoms with Crippen LogP contribution in [-0.4, -0.2) is 35.4 Å². The number of nitrogen functional groups attached to an aromatic ring is 1. The zero-order valence-electron chi connectivity index (χ0n) is 14.6. The number of pyridine rings is 1. The zero-order chi connectivity index (χ0) is 19.7. The Morgan fingerprint density at radius 3 is 2.57 bits per heavy atom. The van der Waals surface area contributed by atoms with Crippen LogP contribution in [0, 0.1) is 6.92 Å². The Labute approximate surface area is 157 Å². The Morgan fingerprint density at radius 1 is 1.11 bits per heavy atom. The number of benzene rings is 1. The molecule has 11 heteroatoms. The molecule has 0 fully saturated rings. The molecule has 1 aromatic carbocycles. The third-order valence-electron chi connectivity index (χ3n) is 3.99. The van der Waals surface area contributed by atoms with Gasteiger partial charge in [-0.1, -0.05) is 12.1 Å². The van der Waals surface area contributed by atoms with Crippen LogP contribution in [0.25, 0.3) is 22.8 Å². The third-order valence-corrected chi connectivity index (χ3v) is 3.99. The molecule has 4 rings (SSSR count). The van der Waals surface area contributed by atoms with E-state index in [4.69, 9.17) is 10.2 Å². The minimum atomic E-state index is -2.80. The van der Waals surface area contributed by atoms with Crippen molar-refractivity contribution in [3.05, 3.63) is 53.7 Å². The number of hydrogen-bond acceptors (Lipinski definition) is 8. The number of alkyl halides is 2. The molecule has 3 heterocycles. The van der Waals surface area contributed by atoms with E-state index < -0.39 is 12.3 Å². The predicted octanol–water partition coefficient (Wildman–Crippen LogP) is 2.66. The fourth-order valence-electron chi connectivity index (χ4n) is 2.45. The fraction of sp³-hybridized carbons (Fsp3) is 0.176. The van der Waals surface area contributed by atoms with Crippen LogP contribution in [0.15, 0.2) is 40.9 Å². The zero-order valence-corrected chi connectivity index (χ0v) is 14.6. The van der Waals surface area contributed by atoms with Gasteiger partial charge in [0.25, 0.3) is 5.89 Å². The van der Waals surface area contributed by atoms with Crippen molar-refractivity contribution >= 4 is 5.69 Å². The Bertz CT molecular complexity index is 1110. The first-order chi connectivity index (χ1) is 13.5. The normalized spacial score (nSPS) is 11.3. The second-order valence-electron chi connectivity index (χ2n) is 5.99. The largest absolute Gasteiger partial charge is 0.415 e. The summed E-state index contributed by atoms with van der Waals surface area (Å²) in [5.74, 6) is -0.252. The minimum Gasteiger partial charge on any atom is -0.415 e. The lowest BCUT2D eigenvalue weighted by molar-refractivity contribution is 0.116. The van der Waals surface area contributed by atoms with Crippen molar-refractivity contribution in [3.8, 4) is 22.8 Å². The summed E-state index contributed by atoms with van der Waals surface area (Å²) in [5.41, 5.74) is 9.25. The second-order valence-corrected chi connectivity index (χ2v) is 5.99. The molecule has 0 saturated carbocycles. The third kappa shape index (κ3) is 3.54. The molecule has 0 bridgehead atoms. The number of tetrazole rings is 1. The number of halogens is 2. The lowest BCUT2D eigenvalue weighted by Crippen LogP contribution is -2.04. The molecule has 0 spiro atoms. The summed E-state index contributed by atoms with van der Waals surface area (Å²) < 4.78 is 30.0. The van der Waals surface area contributed by atoms with Crippen LogP contribution in [0.4, 0.5) is 14.5 Å². The molecular formula is C17H14F2N8O. The molecule has 0 aliphatic carbocycles. The molecule has 28 heavy (non-hydrogen) atoms. The lowest BCUT2D eigenvalue weighted by Gasteiger charge is -2.01. The monoisotopic (exact) mass is 384 g/mol. The first kappa shape index (κ1) is 17.6. The molecule has 4 aromatic rings. The van der Waals surface area contributed by atoms with E-state index in [1.165, 1.54) is 4.80 Å². The van der Waals surface area contributed by atoms with Crippen molar-refractivity contribution < 1.29 is 13.2 Å². The highest BCUT2D eigenvalue weighted by atomic mass is 19.3. The maximum atomic E-state index is 12.5. The van der Waals surface area contributed by atoms with Gasteiger partial charge in [-0.15, -0.1) is 20.4 Å². The molecule has 0 unspecified atom stereocenters. The number of nitrogens with zero attached hydrogens (tertiary/aromatic N) is 7. The molecule has 0 amide bonds. The van der Waals surface area contributed by atoms with Gasteiger partial charge in [-0.25, -0.2) is 0 Å². The van der Waals surface area contributed by atoms with E-state index in [9.17, 15) is 8.78 Å². The highest BCUT2D eigenvalue weighted by Gasteiger charge is 2.17. The van der Waals surface area contributed by atoms with E-state index in [-0.39, 0.29) is 5.89 Å². The summed E-state index contributed by atoms with van der Waals surface area (Å²) in [4.78, 5) is 5.62. The van der Waals surface area contributed by atoms with Crippen LogP contribution < -0.4 is 5.73 Å². The van der Waals surface area contributed by atoms with Gasteiger partial charge < -0.3 is 10.2 Å². The Kier molecular flexibility index (Phi) is 4.47. The van der Waals surface area contributed by atoms with E-state index in [1.807, 2.05) is 6.92 Å². The van der Waals surface area contributed by atoms with E-state index in [2.05, 4.69) is 30.6 Å². The van der Waals surface area contributed by atoms with Gasteiger partial charge in [0.2, 0.25) is 11.7 Å². The number of aromatic nitrogens is 7. The van der Waals surface area contributed by atoms with Crippen molar-refractivity contribution in [1.29, 1.82) is 0 Å². The molecule has 142 valence electrons. The molecule has 0 saturated heterocycles. The Hall–Kier alpha value is -3.76. The fourth-order valence-corrected chi connectivity index (χ4v) is 2.45. The molecular weight excluding hydrogens is 370 g/mol. The number of anilines is 1. The quantitative estimate of drug-likeness (QED) is 0.557. The Balaban J connectivity index is 1.49. The van der Waals surface area contributed by atoms with Crippen LogP contribution in [0.5, 0.6) is 0 Å². The minimum absolute atomic E-state index is 0.0347. The van der Waals surface area contributed by atoms with Gasteiger partial charge in [-0.05, 0) is 35.9 Å². The number of rotatable bonds is 5. The van der Waals surface area contributed by atoms with E-state index >= 15 is 0 Å². The van der Waals surface area contributed by atoms with Gasteiger partial charge in [0.05, 0.1) is 17.9 Å². The topological polar surface area (TPSA) is 121 Å². The van der Waals surface area contributed by atoms with Crippen LogP contribution >= 0.6 is 0 Å². The van der Waals surface area contributed by atoms with Crippen molar-refractivity contribution in [3.63, 3.8) is 0 Å². The van der Waals surface area contributed by atoms with Gasteiger partial charge in [-0.2, -0.15) is 13.6 Å². The van der Waals surface area contributed by atoms with Crippen LogP contribution in [0.3, 0.4) is 0 Å². The number of aryl methyl sites for hydroxylation is 1. The molecule has 0 radical (unpaired) electrons. The van der Waals surface area contributed by atoms with Crippen molar-refractivity contribution in [1.82, 2.24) is 35.4 Å². The molecule has 9 nitrogen and oxygen atoms in total. The first-order valence-corrected chi connectivity index (χ1v) is 8.21. The smallest absolute Gasteiger partial charge is 0.314 e. The van der Waals surface area contributed by atoms with Crippen LogP contribution in [0.2, 0.25) is 0 Å². The summed E-state index contributed by atoms with van der Waals surface area (Å²) in [7, 11) is 0. The molecule has 0 atom stereocenters. The van der Waals surface area contributed by atoms with Gasteiger partial charge >= 0.3 is 6.43 Å². The van der Waals surface area contributed by atoms with Gasteiger partial charge in [0.1, 0.15) is 0 Å². The average Bonchev–Trinajstić information content (AvgIpc) is 3.35. The maximum Gasteiger partial charge on any atom is 0.314 e. The molecule has 0 aliphatic rings. The second kappa shape index (κ2) is 7.10. The highest BCUT2D eigenvalue weighted by Crippen LogP contribution is 2.23. The van der Waals surface area contributed by atoms with Crippen LogP contribution in [-0.2, 0) is 6.54 Å². The standard InChI is InChI=1S/C17H14F2N8O/c1-9-13(20)6-12(7-21-9)15-22-26-27(25-15)8-10-2-4-11(5-3-10)16-23-24-17(28-16)14(18)19/h2-7,14H,8,20H2,1H3. The average molecular weight is 384 g/mol. The van der Waals surface area contributed by atoms with Crippen molar-refractivity contribution in [2.24, 2.45) is 0 Å². The van der Waals surface area contributed by atoms with Crippen LogP contribution in [0.1, 0.15) is 23.6 Å². The summed E-state index contributed by atoms with van der Waals surface area (Å²) >= 11 is 0. The summed E-state index contributed by atoms with van der Waals surface area (Å²) in [5, 5.41) is 19.3. The van der Waals surface area contributed by atoms with Crippen molar-refractivity contribution in [2.45, 2.75) is 19.9 Å². The summed E-state index contributed by atoms with van der Waals surface area (Å²) in [6, 6.07) is 8.71. The summed E-state index contributed by atoms with van der Waals surface area (Å²) in [6.07, 6.45) is -1.16. The van der Waals surface area contributed by atoms with E-state index in [0.717, 1.165) is 11.3 Å². The SMILES string of the molecule is Cc1ncc(-c2nnn(Cc3ccc(-c4nnc(C(F)F)o4)cc3)n2)cc1N. The van der Waals surface area contributed by atoms with Gasteiger partial charge in [0.15, 0.2) is 0 Å². The Morgan fingerprint density at radius 2 is 1.89 bits per heavy atom. The number of nitrogens with two attached hydrogens (primary N) is 1. The maximum absolute atomic E-state index is 12.5. The predicted molar refractivity (Wildman–Crippen MR) is 94.0 cm³/mol. The first-order valence-electron chi connectivity index (χ1n) is 8.21. The molecule has 3 aromatic heterocycles. The van der Waals surface area contributed by atoms with Gasteiger partial charge in [0, 0.05) is 17.3 Å². The van der Waals surface area contributed by atoms with Gasteiger partial charge in [-0.3, -0.25) is 4.98 Å².